The van der Waals surface area contributed by atoms with Gasteiger partial charge < -0.3 is 13.7 Å². The van der Waals surface area contributed by atoms with Gasteiger partial charge in [0.2, 0.25) is 0 Å². The maximum absolute atomic E-state index is 5.49. The van der Waals surface area contributed by atoms with Crippen LogP contribution in [0.15, 0.2) is 0 Å². The topological polar surface area (TPSA) is 27.7 Å². The van der Waals surface area contributed by atoms with Gasteiger partial charge in [-0.15, -0.1) is 0 Å². The first-order chi connectivity index (χ1) is 6.14. The summed E-state index contributed by atoms with van der Waals surface area (Å²) in [6.07, 6.45) is 0.0901. The molecule has 80 valence electrons. The minimum absolute atomic E-state index is 0.0901. The van der Waals surface area contributed by atoms with Crippen LogP contribution in [-0.2, 0) is 13.7 Å². The molecule has 1 fully saturated rings. The molecule has 0 spiro atoms. The molecule has 0 aromatic heterocycles. The Bertz CT molecular complexity index is 133. The van der Waals surface area contributed by atoms with Crippen molar-refractivity contribution in [2.75, 3.05) is 13.2 Å². The Balaban J connectivity index is 0.000000671. The second kappa shape index (κ2) is 7.28. The van der Waals surface area contributed by atoms with Crippen molar-refractivity contribution in [1.82, 2.24) is 0 Å². The SMILES string of the molecule is CC.CC1(C)OCC(COSI)O1. The lowest BCUT2D eigenvalue weighted by Gasteiger charge is -2.16. The lowest BCUT2D eigenvalue weighted by molar-refractivity contribution is -0.141. The standard InChI is InChI=1S/C6H11IO3S.C2H6/c1-6(2)8-3-5(10-6)4-9-11-7;1-2/h5H,3-4H2,1-2H3;1-2H3. The van der Waals surface area contributed by atoms with E-state index in [0.29, 0.717) is 13.2 Å². The van der Waals surface area contributed by atoms with Crippen LogP contribution in [0.5, 0.6) is 0 Å². The molecule has 1 rings (SSSR count). The number of ether oxygens (including phenoxy) is 2. The summed E-state index contributed by atoms with van der Waals surface area (Å²) in [7, 11) is 1.32. The Morgan fingerprint density at radius 2 is 2.15 bits per heavy atom. The van der Waals surface area contributed by atoms with Gasteiger partial charge in [0.15, 0.2) is 5.79 Å². The van der Waals surface area contributed by atoms with Crippen molar-refractivity contribution in [3.05, 3.63) is 0 Å². The Morgan fingerprint density at radius 3 is 2.54 bits per heavy atom. The van der Waals surface area contributed by atoms with E-state index >= 15 is 0 Å². The Labute approximate surface area is 96.7 Å². The molecule has 5 heteroatoms. The van der Waals surface area contributed by atoms with Crippen molar-refractivity contribution in [3.8, 4) is 0 Å². The van der Waals surface area contributed by atoms with E-state index in [2.05, 4.69) is 21.2 Å². The van der Waals surface area contributed by atoms with E-state index in [9.17, 15) is 0 Å². The zero-order valence-corrected chi connectivity index (χ0v) is 11.5. The highest BCUT2D eigenvalue weighted by Gasteiger charge is 2.32. The zero-order valence-electron chi connectivity index (χ0n) is 8.50. The fourth-order valence-corrected chi connectivity index (χ4v) is 1.59. The molecule has 0 aromatic rings. The molecule has 0 radical (unpaired) electrons. The molecule has 0 aliphatic carbocycles. The highest BCUT2D eigenvalue weighted by atomic mass is 127. The van der Waals surface area contributed by atoms with E-state index in [1.807, 2.05) is 27.7 Å². The summed E-state index contributed by atoms with van der Waals surface area (Å²) >= 11 is 2.08. The molecule has 1 unspecified atom stereocenters. The van der Waals surface area contributed by atoms with Crippen LogP contribution in [-0.4, -0.2) is 25.1 Å². The summed E-state index contributed by atoms with van der Waals surface area (Å²) in [6.45, 7) is 9.04. The van der Waals surface area contributed by atoms with Crippen molar-refractivity contribution in [1.29, 1.82) is 0 Å². The van der Waals surface area contributed by atoms with Crippen LogP contribution in [0, 0.1) is 0 Å². The van der Waals surface area contributed by atoms with Crippen LogP contribution in [0.1, 0.15) is 27.7 Å². The Kier molecular flexibility index (Phi) is 7.82. The normalized spacial score (nSPS) is 25.2. The molecule has 1 atom stereocenters. The lowest BCUT2D eigenvalue weighted by atomic mass is 10.4. The summed E-state index contributed by atoms with van der Waals surface area (Å²) in [6, 6.07) is 0. The van der Waals surface area contributed by atoms with Crippen molar-refractivity contribution in [2.45, 2.75) is 39.6 Å². The van der Waals surface area contributed by atoms with E-state index in [4.69, 9.17) is 13.7 Å². The average molecular weight is 320 g/mol. The molecule has 13 heavy (non-hydrogen) atoms. The van der Waals surface area contributed by atoms with Gasteiger partial charge in [-0.3, -0.25) is 0 Å². The molecular formula is C8H17IO3S. The molecule has 0 amide bonds. The second-order valence-corrected chi connectivity index (χ2v) is 4.24. The first kappa shape index (κ1) is 14.0. The van der Waals surface area contributed by atoms with Crippen molar-refractivity contribution >= 4 is 30.4 Å². The molecule has 3 nitrogen and oxygen atoms in total. The maximum atomic E-state index is 5.49. The summed E-state index contributed by atoms with van der Waals surface area (Å²) < 4.78 is 15.9. The monoisotopic (exact) mass is 320 g/mol. The van der Waals surface area contributed by atoms with Crippen LogP contribution >= 0.6 is 30.4 Å². The minimum atomic E-state index is -0.427. The number of hydrogen-bond donors (Lipinski definition) is 0. The van der Waals surface area contributed by atoms with E-state index in [1.54, 1.807) is 0 Å². The smallest absolute Gasteiger partial charge is 0.163 e. The number of halogens is 1. The van der Waals surface area contributed by atoms with Crippen molar-refractivity contribution in [3.63, 3.8) is 0 Å². The third-order valence-corrected chi connectivity index (χ3v) is 2.35. The molecule has 0 bridgehead atoms. The van der Waals surface area contributed by atoms with E-state index in [1.165, 1.54) is 9.21 Å². The third-order valence-electron chi connectivity index (χ3n) is 1.37. The molecule has 0 N–H and O–H groups in total. The summed E-state index contributed by atoms with van der Waals surface area (Å²) in [5, 5.41) is 0. The molecule has 0 aromatic carbocycles. The van der Waals surface area contributed by atoms with E-state index in [0.717, 1.165) is 0 Å². The number of hydrogen-bond acceptors (Lipinski definition) is 4. The molecule has 0 saturated carbocycles. The average Bonchev–Trinajstić information content (AvgIpc) is 2.46. The van der Waals surface area contributed by atoms with E-state index < -0.39 is 5.79 Å². The molecule has 1 aliphatic heterocycles. The molecule has 1 heterocycles. The minimum Gasteiger partial charge on any atom is -0.348 e. The van der Waals surface area contributed by atoms with E-state index in [-0.39, 0.29) is 6.10 Å². The quantitative estimate of drug-likeness (QED) is 0.590. The van der Waals surface area contributed by atoms with Crippen molar-refractivity contribution < 1.29 is 13.7 Å². The summed E-state index contributed by atoms with van der Waals surface area (Å²) in [5.41, 5.74) is 0. The lowest BCUT2D eigenvalue weighted by Crippen LogP contribution is -2.23. The van der Waals surface area contributed by atoms with Gasteiger partial charge in [0.05, 0.1) is 22.4 Å². The van der Waals surface area contributed by atoms with Gasteiger partial charge in [0.25, 0.3) is 0 Å². The van der Waals surface area contributed by atoms with Crippen LogP contribution < -0.4 is 0 Å². The summed E-state index contributed by atoms with van der Waals surface area (Å²) in [5.74, 6) is -0.427. The van der Waals surface area contributed by atoms with Gasteiger partial charge in [0.1, 0.15) is 6.10 Å². The zero-order chi connectivity index (χ0) is 10.3. The fraction of sp³-hybridized carbons (Fsp3) is 1.00. The van der Waals surface area contributed by atoms with Crippen LogP contribution in [0.25, 0.3) is 0 Å². The van der Waals surface area contributed by atoms with Gasteiger partial charge in [-0.25, -0.2) is 0 Å². The summed E-state index contributed by atoms with van der Waals surface area (Å²) in [4.78, 5) is 0. The van der Waals surface area contributed by atoms with Gasteiger partial charge >= 0.3 is 0 Å². The fourth-order valence-electron chi connectivity index (χ4n) is 0.947. The molecule has 1 saturated heterocycles. The first-order valence-corrected chi connectivity index (χ1v) is 7.64. The second-order valence-electron chi connectivity index (χ2n) is 2.80. The van der Waals surface area contributed by atoms with Gasteiger partial charge in [-0.05, 0) is 13.8 Å². The van der Waals surface area contributed by atoms with Crippen LogP contribution in [0.4, 0.5) is 0 Å². The Morgan fingerprint density at radius 1 is 1.54 bits per heavy atom. The molecular weight excluding hydrogens is 303 g/mol. The largest absolute Gasteiger partial charge is 0.348 e. The van der Waals surface area contributed by atoms with Gasteiger partial charge in [-0.1, -0.05) is 13.8 Å². The maximum Gasteiger partial charge on any atom is 0.163 e. The van der Waals surface area contributed by atoms with Crippen LogP contribution in [0.3, 0.4) is 0 Å². The number of rotatable bonds is 3. The van der Waals surface area contributed by atoms with Gasteiger partial charge in [0, 0.05) is 21.2 Å². The van der Waals surface area contributed by atoms with Gasteiger partial charge in [-0.2, -0.15) is 0 Å². The predicted molar refractivity (Wildman–Crippen MR) is 63.8 cm³/mol. The first-order valence-electron chi connectivity index (χ1n) is 4.36. The predicted octanol–water partition coefficient (Wildman–Crippen LogP) is 3.18. The highest BCUT2D eigenvalue weighted by Crippen LogP contribution is 2.24. The van der Waals surface area contributed by atoms with Crippen LogP contribution in [0.2, 0.25) is 0 Å². The Hall–Kier alpha value is 0.960. The van der Waals surface area contributed by atoms with Crippen molar-refractivity contribution in [2.24, 2.45) is 0 Å². The third kappa shape index (κ3) is 6.11. The highest BCUT2D eigenvalue weighted by molar-refractivity contribution is 14.2. The molecule has 1 aliphatic rings.